The molecule has 0 fully saturated rings. The molecule has 0 saturated heterocycles. The summed E-state index contributed by atoms with van der Waals surface area (Å²) in [5.41, 5.74) is 4.80. The number of hydrazone groups is 1. The Labute approximate surface area is 96.0 Å². The number of nitrogens with zero attached hydrogens (tertiary/aromatic N) is 1. The Morgan fingerprint density at radius 3 is 2.73 bits per heavy atom. The second-order valence-corrected chi connectivity index (χ2v) is 3.66. The number of amides is 1. The van der Waals surface area contributed by atoms with Crippen molar-refractivity contribution >= 4 is 33.6 Å². The van der Waals surface area contributed by atoms with E-state index >= 15 is 0 Å². The average Bonchev–Trinajstić information content (AvgIpc) is 2.62. The van der Waals surface area contributed by atoms with Crippen molar-refractivity contribution < 1.29 is 4.79 Å². The lowest BCUT2D eigenvalue weighted by atomic mass is 10.1. The molecule has 76 valence electrons. The van der Waals surface area contributed by atoms with Crippen LogP contribution in [0.3, 0.4) is 0 Å². The maximum atomic E-state index is 11.4. The molecule has 0 saturated carbocycles. The van der Waals surface area contributed by atoms with Gasteiger partial charge in [-0.3, -0.25) is 4.79 Å². The summed E-state index contributed by atoms with van der Waals surface area (Å²) in [7, 11) is 0. The summed E-state index contributed by atoms with van der Waals surface area (Å²) in [4.78, 5) is 11.4. The summed E-state index contributed by atoms with van der Waals surface area (Å²) >= 11 is 3.29. The largest absolute Gasteiger partial charge is 0.273 e. The quantitative estimate of drug-likeness (QED) is 0.644. The fourth-order valence-corrected chi connectivity index (χ4v) is 1.76. The highest BCUT2D eigenvalue weighted by molar-refractivity contribution is 9.09. The van der Waals surface area contributed by atoms with E-state index < -0.39 is 0 Å². The van der Waals surface area contributed by atoms with Crippen molar-refractivity contribution in [1.82, 2.24) is 5.43 Å². The third kappa shape index (κ3) is 2.15. The van der Waals surface area contributed by atoms with Crippen LogP contribution >= 0.6 is 15.9 Å². The fraction of sp³-hybridized carbons (Fsp3) is 0.0909. The highest BCUT2D eigenvalue weighted by Crippen LogP contribution is 2.13. The zero-order chi connectivity index (χ0) is 10.7. The van der Waals surface area contributed by atoms with E-state index in [0.717, 1.165) is 11.3 Å². The van der Waals surface area contributed by atoms with Crippen LogP contribution in [0, 0.1) is 0 Å². The molecule has 0 radical (unpaired) electrons. The third-order valence-electron chi connectivity index (χ3n) is 2.09. The first-order valence-electron chi connectivity index (χ1n) is 4.51. The topological polar surface area (TPSA) is 41.5 Å². The summed E-state index contributed by atoms with van der Waals surface area (Å²) in [6, 6.07) is 9.71. The average molecular weight is 265 g/mol. The number of rotatable bonds is 2. The summed E-state index contributed by atoms with van der Waals surface area (Å²) in [6.07, 6.45) is 1.84. The number of hydrogen-bond donors (Lipinski definition) is 1. The maximum Gasteiger partial charge on any atom is 0.273 e. The normalized spacial score (nSPS) is 17.8. The Bertz CT molecular complexity index is 437. The molecule has 1 aromatic rings. The minimum Gasteiger partial charge on any atom is -0.267 e. The second-order valence-electron chi connectivity index (χ2n) is 3.10. The predicted molar refractivity (Wildman–Crippen MR) is 63.8 cm³/mol. The molecule has 0 atom stereocenters. The molecule has 2 rings (SSSR count). The van der Waals surface area contributed by atoms with Gasteiger partial charge in [-0.2, -0.15) is 5.10 Å². The van der Waals surface area contributed by atoms with Crippen LogP contribution in [0.4, 0.5) is 0 Å². The van der Waals surface area contributed by atoms with Gasteiger partial charge in [-0.25, -0.2) is 5.43 Å². The molecule has 0 bridgehead atoms. The number of carbonyl (C=O) groups excluding carboxylic acids is 1. The van der Waals surface area contributed by atoms with Crippen LogP contribution < -0.4 is 5.43 Å². The van der Waals surface area contributed by atoms with Gasteiger partial charge in [0.05, 0.1) is 11.3 Å². The number of nitrogens with one attached hydrogen (secondary N) is 1. The maximum absolute atomic E-state index is 11.4. The molecule has 1 amide bonds. The van der Waals surface area contributed by atoms with Crippen LogP contribution in [0.1, 0.15) is 5.56 Å². The Morgan fingerprint density at radius 2 is 2.07 bits per heavy atom. The number of alkyl halides is 1. The van der Waals surface area contributed by atoms with E-state index in [1.807, 2.05) is 36.4 Å². The van der Waals surface area contributed by atoms with E-state index in [4.69, 9.17) is 0 Å². The van der Waals surface area contributed by atoms with Gasteiger partial charge in [-0.05, 0) is 11.6 Å². The van der Waals surface area contributed by atoms with Crippen molar-refractivity contribution in [3.63, 3.8) is 0 Å². The molecule has 15 heavy (non-hydrogen) atoms. The summed E-state index contributed by atoms with van der Waals surface area (Å²) in [5.74, 6) is -0.145. The Kier molecular flexibility index (Phi) is 2.97. The van der Waals surface area contributed by atoms with Crippen molar-refractivity contribution in [2.75, 3.05) is 5.33 Å². The predicted octanol–water partition coefficient (Wildman–Crippen LogP) is 1.95. The van der Waals surface area contributed by atoms with E-state index in [1.54, 1.807) is 0 Å². The molecule has 3 nitrogen and oxygen atoms in total. The lowest BCUT2D eigenvalue weighted by molar-refractivity contribution is -0.116. The Balaban J connectivity index is 2.34. The van der Waals surface area contributed by atoms with Crippen LogP contribution in [0.2, 0.25) is 0 Å². The molecule has 0 unspecified atom stereocenters. The van der Waals surface area contributed by atoms with Crippen molar-refractivity contribution in [2.24, 2.45) is 5.10 Å². The third-order valence-corrected chi connectivity index (χ3v) is 2.62. The van der Waals surface area contributed by atoms with Gasteiger partial charge in [0.15, 0.2) is 0 Å². The van der Waals surface area contributed by atoms with Gasteiger partial charge in [0.1, 0.15) is 0 Å². The van der Waals surface area contributed by atoms with Gasteiger partial charge in [0.2, 0.25) is 0 Å². The van der Waals surface area contributed by atoms with Crippen LogP contribution in [0.25, 0.3) is 6.08 Å². The minimum absolute atomic E-state index is 0.145. The van der Waals surface area contributed by atoms with Gasteiger partial charge >= 0.3 is 0 Å². The molecule has 4 heteroatoms. The van der Waals surface area contributed by atoms with Crippen LogP contribution in [-0.2, 0) is 4.79 Å². The number of halogens is 1. The van der Waals surface area contributed by atoms with E-state index in [-0.39, 0.29) is 5.91 Å². The Hall–Kier alpha value is -1.42. The van der Waals surface area contributed by atoms with E-state index in [0.29, 0.717) is 10.9 Å². The van der Waals surface area contributed by atoms with Crippen LogP contribution in [0.15, 0.2) is 41.0 Å². The zero-order valence-corrected chi connectivity index (χ0v) is 9.49. The summed E-state index contributed by atoms with van der Waals surface area (Å²) in [6.45, 7) is 0. The molecule has 1 aliphatic rings. The first kappa shape index (κ1) is 10.1. The molecule has 1 N–H and O–H groups in total. The molecule has 0 aromatic heterocycles. The number of benzene rings is 1. The van der Waals surface area contributed by atoms with Gasteiger partial charge in [0, 0.05) is 5.33 Å². The smallest absolute Gasteiger partial charge is 0.267 e. The number of hydrogen-bond acceptors (Lipinski definition) is 2. The molecular formula is C11H9BrN2O. The lowest BCUT2D eigenvalue weighted by Crippen LogP contribution is -2.13. The molecule has 1 heterocycles. The fourth-order valence-electron chi connectivity index (χ4n) is 1.34. The monoisotopic (exact) mass is 264 g/mol. The van der Waals surface area contributed by atoms with Gasteiger partial charge in [-0.15, -0.1) is 0 Å². The first-order valence-corrected chi connectivity index (χ1v) is 5.63. The van der Waals surface area contributed by atoms with Gasteiger partial charge in [0.25, 0.3) is 5.91 Å². The van der Waals surface area contributed by atoms with Crippen molar-refractivity contribution in [3.05, 3.63) is 41.5 Å². The lowest BCUT2D eigenvalue weighted by Gasteiger charge is -1.97. The molecule has 1 aromatic carbocycles. The highest BCUT2D eigenvalue weighted by Gasteiger charge is 2.20. The molecule has 0 spiro atoms. The second kappa shape index (κ2) is 4.40. The summed E-state index contributed by atoms with van der Waals surface area (Å²) in [5, 5.41) is 4.49. The molecule has 1 aliphatic heterocycles. The Morgan fingerprint density at radius 1 is 1.33 bits per heavy atom. The SMILES string of the molecule is O=C1NN=C(CBr)C1=Cc1ccccc1. The van der Waals surface area contributed by atoms with E-state index in [2.05, 4.69) is 26.5 Å². The van der Waals surface area contributed by atoms with Crippen molar-refractivity contribution in [2.45, 2.75) is 0 Å². The number of carbonyl (C=O) groups is 1. The first-order chi connectivity index (χ1) is 7.31. The van der Waals surface area contributed by atoms with Crippen molar-refractivity contribution in [3.8, 4) is 0 Å². The van der Waals surface area contributed by atoms with E-state index in [1.165, 1.54) is 0 Å². The van der Waals surface area contributed by atoms with Gasteiger partial charge in [-0.1, -0.05) is 46.3 Å². The van der Waals surface area contributed by atoms with Crippen molar-refractivity contribution in [1.29, 1.82) is 0 Å². The van der Waals surface area contributed by atoms with Gasteiger partial charge < -0.3 is 0 Å². The molecule has 0 aliphatic carbocycles. The van der Waals surface area contributed by atoms with E-state index in [9.17, 15) is 4.79 Å². The minimum atomic E-state index is -0.145. The zero-order valence-electron chi connectivity index (χ0n) is 7.90. The molecular weight excluding hydrogens is 256 g/mol. The summed E-state index contributed by atoms with van der Waals surface area (Å²) < 4.78 is 0. The van der Waals surface area contributed by atoms with Crippen LogP contribution in [0.5, 0.6) is 0 Å². The highest BCUT2D eigenvalue weighted by atomic mass is 79.9. The van der Waals surface area contributed by atoms with Crippen LogP contribution in [-0.4, -0.2) is 16.9 Å². The standard InChI is InChI=1S/C11H9BrN2O/c12-7-10-9(11(15)14-13-10)6-8-4-2-1-3-5-8/h1-6H,7H2,(H,14,15).